The van der Waals surface area contributed by atoms with Crippen molar-refractivity contribution in [1.82, 2.24) is 13.9 Å². The van der Waals surface area contributed by atoms with E-state index in [1.54, 1.807) is 0 Å². The van der Waals surface area contributed by atoms with Gasteiger partial charge in [-0.2, -0.15) is 4.31 Å². The molecule has 0 unspecified atom stereocenters. The van der Waals surface area contributed by atoms with Crippen LogP contribution in [0.4, 0.5) is 0 Å². The third kappa shape index (κ3) is 3.18. The fourth-order valence-electron chi connectivity index (χ4n) is 2.48. The van der Waals surface area contributed by atoms with Crippen LogP contribution in [0.3, 0.4) is 0 Å². The molecule has 1 heterocycles. The highest BCUT2D eigenvalue weighted by Gasteiger charge is 2.36. The van der Waals surface area contributed by atoms with E-state index in [4.69, 9.17) is 0 Å². The van der Waals surface area contributed by atoms with Gasteiger partial charge in [-0.25, -0.2) is 21.6 Å². The zero-order valence-corrected chi connectivity index (χ0v) is 14.5. The van der Waals surface area contributed by atoms with E-state index < -0.39 is 20.0 Å². The molecule has 0 saturated carbocycles. The van der Waals surface area contributed by atoms with Gasteiger partial charge in [0.1, 0.15) is 9.79 Å². The van der Waals surface area contributed by atoms with Gasteiger partial charge in [0, 0.05) is 19.1 Å². The Hall–Kier alpha value is -1.00. The van der Waals surface area contributed by atoms with Gasteiger partial charge in [-0.05, 0) is 39.7 Å². The summed E-state index contributed by atoms with van der Waals surface area (Å²) in [4.78, 5) is 1.58. The molecule has 0 aliphatic carbocycles. The minimum Gasteiger partial charge on any atom is -0.305 e. The lowest BCUT2D eigenvalue weighted by atomic mass is 10.2. The van der Waals surface area contributed by atoms with Gasteiger partial charge in [0.05, 0.1) is 0 Å². The molecular formula is C13H21N3O4S2. The Morgan fingerprint density at radius 2 is 1.73 bits per heavy atom. The zero-order valence-electron chi connectivity index (χ0n) is 12.9. The summed E-state index contributed by atoms with van der Waals surface area (Å²) in [5.41, 5.74) is 0. The molecule has 7 nitrogen and oxygen atoms in total. The van der Waals surface area contributed by atoms with E-state index in [0.29, 0.717) is 13.1 Å². The Labute approximate surface area is 132 Å². The highest BCUT2D eigenvalue weighted by Crippen LogP contribution is 2.27. The molecule has 0 aromatic heterocycles. The number of sulfonamides is 2. The molecule has 0 radical (unpaired) electrons. The number of rotatable bonds is 5. The second kappa shape index (κ2) is 6.25. The number of benzene rings is 1. The predicted molar refractivity (Wildman–Crippen MR) is 83.5 cm³/mol. The topological polar surface area (TPSA) is 86.8 Å². The predicted octanol–water partition coefficient (Wildman–Crippen LogP) is -0.0807. The zero-order chi connectivity index (χ0) is 16.5. The van der Waals surface area contributed by atoms with Crippen LogP contribution in [0.15, 0.2) is 34.1 Å². The van der Waals surface area contributed by atoms with Crippen LogP contribution in [-0.4, -0.2) is 66.3 Å². The van der Waals surface area contributed by atoms with Crippen molar-refractivity contribution >= 4 is 20.0 Å². The molecular weight excluding hydrogens is 326 g/mol. The summed E-state index contributed by atoms with van der Waals surface area (Å²) >= 11 is 0. The normalized spacial score (nSPS) is 20.6. The maximum atomic E-state index is 12.8. The van der Waals surface area contributed by atoms with Crippen molar-refractivity contribution in [1.29, 1.82) is 0 Å². The van der Waals surface area contributed by atoms with Crippen LogP contribution in [0.1, 0.15) is 6.42 Å². The molecule has 1 aromatic rings. The number of hydrogen-bond donors (Lipinski definition) is 1. The molecule has 0 amide bonds. The third-order valence-corrected chi connectivity index (χ3v) is 7.41. The second-order valence-electron chi connectivity index (χ2n) is 5.42. The first kappa shape index (κ1) is 17.4. The fraction of sp³-hybridized carbons (Fsp3) is 0.538. The Morgan fingerprint density at radius 3 is 2.23 bits per heavy atom. The summed E-state index contributed by atoms with van der Waals surface area (Å²) in [5, 5.41) is 0. The standard InChI is InChI=1S/C13H21N3O4S2/c1-14-21(17,18)12-6-4-5-7-13(12)22(19,20)16-9-8-11(10-16)15(2)3/h4-7,11,14H,8-10H2,1-3H3/t11-/m0/s1. The third-order valence-electron chi connectivity index (χ3n) is 3.88. The molecule has 2 rings (SSSR count). The summed E-state index contributed by atoms with van der Waals surface area (Å²) in [6, 6.07) is 5.82. The second-order valence-corrected chi connectivity index (χ2v) is 9.18. The van der Waals surface area contributed by atoms with E-state index in [9.17, 15) is 16.8 Å². The summed E-state index contributed by atoms with van der Waals surface area (Å²) < 4.78 is 53.2. The molecule has 1 aliphatic rings. The van der Waals surface area contributed by atoms with E-state index in [2.05, 4.69) is 4.72 Å². The molecule has 124 valence electrons. The number of nitrogens with one attached hydrogen (secondary N) is 1. The van der Waals surface area contributed by atoms with Crippen molar-refractivity contribution in [3.8, 4) is 0 Å². The lowest BCUT2D eigenvalue weighted by Gasteiger charge is -2.21. The minimum absolute atomic E-state index is 0.142. The molecule has 22 heavy (non-hydrogen) atoms. The van der Waals surface area contributed by atoms with Gasteiger partial charge in [-0.3, -0.25) is 0 Å². The molecule has 1 aliphatic heterocycles. The van der Waals surface area contributed by atoms with Crippen LogP contribution in [-0.2, 0) is 20.0 Å². The van der Waals surface area contributed by atoms with Gasteiger partial charge in [-0.15, -0.1) is 0 Å². The molecule has 1 saturated heterocycles. The summed E-state index contributed by atoms with van der Waals surface area (Å²) in [5.74, 6) is 0. The van der Waals surface area contributed by atoms with Crippen molar-refractivity contribution in [2.24, 2.45) is 0 Å². The number of nitrogens with zero attached hydrogens (tertiary/aromatic N) is 2. The smallest absolute Gasteiger partial charge is 0.244 e. The number of hydrogen-bond acceptors (Lipinski definition) is 5. The van der Waals surface area contributed by atoms with Crippen molar-refractivity contribution in [3.05, 3.63) is 24.3 Å². The SMILES string of the molecule is CNS(=O)(=O)c1ccccc1S(=O)(=O)N1CC[C@H](N(C)C)C1. The van der Waals surface area contributed by atoms with Crippen LogP contribution in [0.25, 0.3) is 0 Å². The van der Waals surface area contributed by atoms with Gasteiger partial charge in [0.15, 0.2) is 0 Å². The highest BCUT2D eigenvalue weighted by molar-refractivity contribution is 7.92. The van der Waals surface area contributed by atoms with Gasteiger partial charge in [0.2, 0.25) is 20.0 Å². The molecule has 0 spiro atoms. The Bertz CT molecular complexity index is 744. The Kier molecular flexibility index (Phi) is 4.93. The van der Waals surface area contributed by atoms with Crippen molar-refractivity contribution in [2.45, 2.75) is 22.3 Å². The maximum absolute atomic E-state index is 12.8. The van der Waals surface area contributed by atoms with E-state index in [0.717, 1.165) is 6.42 Å². The highest BCUT2D eigenvalue weighted by atomic mass is 32.2. The first-order chi connectivity index (χ1) is 10.2. The van der Waals surface area contributed by atoms with E-state index >= 15 is 0 Å². The Balaban J connectivity index is 2.44. The van der Waals surface area contributed by atoms with Gasteiger partial charge < -0.3 is 4.90 Å². The first-order valence-corrected chi connectivity index (χ1v) is 9.81. The van der Waals surface area contributed by atoms with Crippen LogP contribution in [0.2, 0.25) is 0 Å². The van der Waals surface area contributed by atoms with E-state index in [1.807, 2.05) is 19.0 Å². The summed E-state index contributed by atoms with van der Waals surface area (Å²) in [6.45, 7) is 0.752. The fourth-order valence-corrected chi connectivity index (χ4v) is 5.51. The van der Waals surface area contributed by atoms with Crippen LogP contribution in [0.5, 0.6) is 0 Å². The minimum atomic E-state index is -3.84. The molecule has 1 N–H and O–H groups in total. The quantitative estimate of drug-likeness (QED) is 0.805. The lowest BCUT2D eigenvalue weighted by Crippen LogP contribution is -2.35. The molecule has 1 fully saturated rings. The summed E-state index contributed by atoms with van der Waals surface area (Å²) in [7, 11) is -2.61. The Morgan fingerprint density at radius 1 is 1.14 bits per heavy atom. The lowest BCUT2D eigenvalue weighted by molar-refractivity contribution is 0.302. The average molecular weight is 347 g/mol. The van der Waals surface area contributed by atoms with Gasteiger partial charge in [0.25, 0.3) is 0 Å². The molecule has 1 atom stereocenters. The van der Waals surface area contributed by atoms with Crippen LogP contribution >= 0.6 is 0 Å². The van der Waals surface area contributed by atoms with Crippen molar-refractivity contribution < 1.29 is 16.8 Å². The maximum Gasteiger partial charge on any atom is 0.244 e. The van der Waals surface area contributed by atoms with Gasteiger partial charge in [-0.1, -0.05) is 12.1 Å². The molecule has 9 heteroatoms. The first-order valence-electron chi connectivity index (χ1n) is 6.89. The van der Waals surface area contributed by atoms with E-state index in [-0.39, 0.29) is 15.8 Å². The molecule has 0 bridgehead atoms. The average Bonchev–Trinajstić information content (AvgIpc) is 2.98. The largest absolute Gasteiger partial charge is 0.305 e. The van der Waals surface area contributed by atoms with Gasteiger partial charge >= 0.3 is 0 Å². The van der Waals surface area contributed by atoms with Crippen molar-refractivity contribution in [2.75, 3.05) is 34.2 Å². The van der Waals surface area contributed by atoms with Crippen LogP contribution in [0, 0.1) is 0 Å². The monoisotopic (exact) mass is 347 g/mol. The number of likely N-dealkylation sites (N-methyl/N-ethyl adjacent to an activating group) is 1. The summed E-state index contributed by atoms with van der Waals surface area (Å²) in [6.07, 6.45) is 0.729. The van der Waals surface area contributed by atoms with Crippen LogP contribution < -0.4 is 4.72 Å². The van der Waals surface area contributed by atoms with Crippen molar-refractivity contribution in [3.63, 3.8) is 0 Å². The molecule has 1 aromatic carbocycles. The van der Waals surface area contributed by atoms with E-state index in [1.165, 1.54) is 35.6 Å².